The van der Waals surface area contributed by atoms with Gasteiger partial charge in [0.2, 0.25) is 10.0 Å². The van der Waals surface area contributed by atoms with E-state index < -0.39 is 32.1 Å². The summed E-state index contributed by atoms with van der Waals surface area (Å²) in [6.45, 7) is 2.89. The average Bonchev–Trinajstić information content (AvgIpc) is 2.99. The number of anilines is 1. The van der Waals surface area contributed by atoms with Crippen molar-refractivity contribution in [2.45, 2.75) is 42.1 Å². The van der Waals surface area contributed by atoms with Gasteiger partial charge in [0, 0.05) is 18.1 Å². The maximum absolute atomic E-state index is 13.6. The highest BCUT2D eigenvalue weighted by Crippen LogP contribution is 2.39. The Balaban J connectivity index is 1.20. The van der Waals surface area contributed by atoms with Crippen molar-refractivity contribution < 1.29 is 31.1 Å². The molecule has 224 valence electrons. The Kier molecular flexibility index (Phi) is 8.97. The molecule has 3 aromatic rings. The zero-order chi connectivity index (χ0) is 29.9. The maximum Gasteiger partial charge on any atom is 0.264 e. The molecule has 0 spiro atoms. The van der Waals surface area contributed by atoms with Gasteiger partial charge in [-0.15, -0.1) is 0 Å². The van der Waals surface area contributed by atoms with E-state index in [1.54, 1.807) is 30.3 Å². The second-order valence-electron chi connectivity index (χ2n) is 10.1. The fourth-order valence-corrected chi connectivity index (χ4v) is 8.00. The number of aryl methyl sites for hydroxylation is 1. The van der Waals surface area contributed by atoms with Crippen LogP contribution in [0.1, 0.15) is 24.8 Å². The Morgan fingerprint density at radius 1 is 0.929 bits per heavy atom. The zero-order valence-corrected chi connectivity index (χ0v) is 25.4. The third-order valence-electron chi connectivity index (χ3n) is 7.14. The first kappa shape index (κ1) is 30.1. The number of piperidine rings is 1. The standard InChI is InChI=1S/C29H32ClN3O7S2/c1-21-5-10-25(11-6-21)42(37,38)33-20-28(40-27-14-7-22(30)19-26(27)33)29(34)31-15-18-39-23-8-12-24(13-9-23)41(35,36)32-16-3-2-4-17-32/h5-14,19,28H,2-4,15-18,20H2,1H3,(H,31,34)/t28-/m1/s1. The summed E-state index contributed by atoms with van der Waals surface area (Å²) in [5.41, 5.74) is 1.17. The summed E-state index contributed by atoms with van der Waals surface area (Å²) in [6, 6.07) is 17.2. The molecule has 1 saturated heterocycles. The van der Waals surface area contributed by atoms with Crippen molar-refractivity contribution in [3.63, 3.8) is 0 Å². The van der Waals surface area contributed by atoms with Gasteiger partial charge in [0.05, 0.1) is 28.6 Å². The number of hydrogen-bond donors (Lipinski definition) is 1. The smallest absolute Gasteiger partial charge is 0.264 e. The Labute approximate surface area is 251 Å². The number of nitrogens with zero attached hydrogens (tertiary/aromatic N) is 2. The van der Waals surface area contributed by atoms with Gasteiger partial charge in [-0.25, -0.2) is 16.8 Å². The van der Waals surface area contributed by atoms with Crippen molar-refractivity contribution in [3.05, 3.63) is 77.3 Å². The van der Waals surface area contributed by atoms with Crippen molar-refractivity contribution in [2.24, 2.45) is 0 Å². The first-order valence-corrected chi connectivity index (χ1v) is 16.9. The topological polar surface area (TPSA) is 122 Å². The van der Waals surface area contributed by atoms with Crippen LogP contribution in [0, 0.1) is 6.92 Å². The molecule has 2 aliphatic rings. The van der Waals surface area contributed by atoms with Crippen LogP contribution in [-0.4, -0.2) is 65.9 Å². The van der Waals surface area contributed by atoms with Gasteiger partial charge < -0.3 is 14.8 Å². The number of halogens is 1. The third kappa shape index (κ3) is 6.51. The molecule has 5 rings (SSSR count). The molecule has 2 heterocycles. The Bertz CT molecular complexity index is 1640. The molecule has 0 aliphatic carbocycles. The van der Waals surface area contributed by atoms with Crippen molar-refractivity contribution in [1.82, 2.24) is 9.62 Å². The molecule has 0 aromatic heterocycles. The highest BCUT2D eigenvalue weighted by Gasteiger charge is 2.37. The number of carbonyl (C=O) groups excluding carboxylic acids is 1. The minimum atomic E-state index is -4.01. The molecule has 0 radical (unpaired) electrons. The van der Waals surface area contributed by atoms with E-state index >= 15 is 0 Å². The monoisotopic (exact) mass is 633 g/mol. The Morgan fingerprint density at radius 3 is 2.26 bits per heavy atom. The summed E-state index contributed by atoms with van der Waals surface area (Å²) in [6.07, 6.45) is 1.65. The fourth-order valence-electron chi connectivity index (χ4n) is 4.85. The molecule has 42 heavy (non-hydrogen) atoms. The van der Waals surface area contributed by atoms with E-state index in [-0.39, 0.29) is 40.9 Å². The maximum atomic E-state index is 13.6. The van der Waals surface area contributed by atoms with Crippen LogP contribution in [-0.2, 0) is 24.8 Å². The van der Waals surface area contributed by atoms with Crippen molar-refractivity contribution in [3.8, 4) is 11.5 Å². The van der Waals surface area contributed by atoms with Gasteiger partial charge in [-0.2, -0.15) is 4.31 Å². The van der Waals surface area contributed by atoms with E-state index in [4.69, 9.17) is 21.1 Å². The van der Waals surface area contributed by atoms with Crippen LogP contribution in [0.2, 0.25) is 5.02 Å². The second-order valence-corrected chi connectivity index (χ2v) is 14.4. The van der Waals surface area contributed by atoms with Gasteiger partial charge in [-0.1, -0.05) is 35.7 Å². The van der Waals surface area contributed by atoms with E-state index in [2.05, 4.69) is 5.32 Å². The molecule has 1 fully saturated rings. The number of nitrogens with one attached hydrogen (secondary N) is 1. The molecule has 0 unspecified atom stereocenters. The molecular formula is C29H32ClN3O7S2. The van der Waals surface area contributed by atoms with Crippen LogP contribution in [0.25, 0.3) is 0 Å². The van der Waals surface area contributed by atoms with Crippen LogP contribution in [0.5, 0.6) is 11.5 Å². The molecule has 13 heteroatoms. The van der Waals surface area contributed by atoms with Crippen LogP contribution < -0.4 is 19.1 Å². The van der Waals surface area contributed by atoms with Crippen LogP contribution in [0.15, 0.2) is 76.5 Å². The normalized spacial score (nSPS) is 17.7. The second kappa shape index (κ2) is 12.5. The lowest BCUT2D eigenvalue weighted by atomic mass is 10.2. The summed E-state index contributed by atoms with van der Waals surface area (Å²) in [4.78, 5) is 13.3. The lowest BCUT2D eigenvalue weighted by Gasteiger charge is -2.34. The average molecular weight is 634 g/mol. The first-order valence-electron chi connectivity index (χ1n) is 13.6. The minimum Gasteiger partial charge on any atom is -0.492 e. The van der Waals surface area contributed by atoms with Gasteiger partial charge in [0.15, 0.2) is 6.10 Å². The van der Waals surface area contributed by atoms with Gasteiger partial charge in [0.25, 0.3) is 15.9 Å². The van der Waals surface area contributed by atoms with Crippen molar-refractivity contribution in [2.75, 3.05) is 37.1 Å². The molecule has 2 aliphatic heterocycles. The summed E-state index contributed by atoms with van der Waals surface area (Å²) in [5, 5.41) is 3.06. The third-order valence-corrected chi connectivity index (χ3v) is 11.1. The van der Waals surface area contributed by atoms with E-state index in [0.717, 1.165) is 29.1 Å². The number of benzene rings is 3. The predicted octanol–water partition coefficient (Wildman–Crippen LogP) is 3.97. The number of carbonyl (C=O) groups is 1. The van der Waals surface area contributed by atoms with Crippen LogP contribution in [0.3, 0.4) is 0 Å². The highest BCUT2D eigenvalue weighted by molar-refractivity contribution is 7.92. The molecule has 0 bridgehead atoms. The van der Waals surface area contributed by atoms with E-state index in [0.29, 0.717) is 23.9 Å². The van der Waals surface area contributed by atoms with E-state index in [9.17, 15) is 21.6 Å². The Morgan fingerprint density at radius 2 is 1.57 bits per heavy atom. The summed E-state index contributed by atoms with van der Waals surface area (Å²) in [5.74, 6) is 0.167. The van der Waals surface area contributed by atoms with Crippen LogP contribution in [0.4, 0.5) is 5.69 Å². The number of amides is 1. The molecule has 1 N–H and O–H groups in total. The summed E-state index contributed by atoms with van der Waals surface area (Å²) in [7, 11) is -7.55. The van der Waals surface area contributed by atoms with Gasteiger partial charge >= 0.3 is 0 Å². The summed E-state index contributed by atoms with van der Waals surface area (Å²) < 4.78 is 67.0. The van der Waals surface area contributed by atoms with Gasteiger partial charge in [-0.05, 0) is 74.4 Å². The molecular weight excluding hydrogens is 602 g/mol. The molecule has 1 amide bonds. The highest BCUT2D eigenvalue weighted by atomic mass is 35.5. The quantitative estimate of drug-likeness (QED) is 0.354. The number of ether oxygens (including phenoxy) is 2. The predicted molar refractivity (Wildman–Crippen MR) is 159 cm³/mol. The number of rotatable bonds is 9. The largest absolute Gasteiger partial charge is 0.492 e. The first-order chi connectivity index (χ1) is 20.1. The fraction of sp³-hybridized carbons (Fsp3) is 0.345. The zero-order valence-electron chi connectivity index (χ0n) is 23.0. The lowest BCUT2D eigenvalue weighted by molar-refractivity contribution is -0.127. The van der Waals surface area contributed by atoms with Crippen molar-refractivity contribution in [1.29, 1.82) is 0 Å². The minimum absolute atomic E-state index is 0.0863. The number of hydrogen-bond acceptors (Lipinski definition) is 7. The number of fused-ring (bicyclic) bond motifs is 1. The molecule has 10 nitrogen and oxygen atoms in total. The van der Waals surface area contributed by atoms with Crippen molar-refractivity contribution >= 4 is 43.2 Å². The molecule has 1 atom stereocenters. The number of sulfonamides is 2. The summed E-state index contributed by atoms with van der Waals surface area (Å²) >= 11 is 6.16. The molecule has 3 aromatic carbocycles. The SMILES string of the molecule is Cc1ccc(S(=O)(=O)N2C[C@H](C(=O)NCCOc3ccc(S(=O)(=O)N4CCCCC4)cc3)Oc3ccc(Cl)cc32)cc1. The van der Waals surface area contributed by atoms with E-state index in [1.807, 2.05) is 6.92 Å². The van der Waals surface area contributed by atoms with Gasteiger partial charge in [-0.3, -0.25) is 9.10 Å². The lowest BCUT2D eigenvalue weighted by Crippen LogP contribution is -2.51. The Hall–Kier alpha value is -3.32. The van der Waals surface area contributed by atoms with E-state index in [1.165, 1.54) is 40.7 Å². The van der Waals surface area contributed by atoms with Crippen LogP contribution >= 0.6 is 11.6 Å². The molecule has 0 saturated carbocycles. The van der Waals surface area contributed by atoms with Gasteiger partial charge in [0.1, 0.15) is 18.1 Å².